The van der Waals surface area contributed by atoms with Gasteiger partial charge in [0, 0.05) is 5.69 Å². The van der Waals surface area contributed by atoms with Crippen LogP contribution in [0.2, 0.25) is 0 Å². The molecule has 0 bridgehead atoms. The SMILES string of the molecule is N#Cc1cc(NCc2ccc(CSC(F)F)o2)ccc1F. The second kappa shape index (κ2) is 7.09. The Morgan fingerprint density at radius 1 is 1.24 bits per heavy atom. The van der Waals surface area contributed by atoms with Gasteiger partial charge in [0.25, 0.3) is 5.76 Å². The van der Waals surface area contributed by atoms with Gasteiger partial charge in [-0.05, 0) is 30.3 Å². The van der Waals surface area contributed by atoms with E-state index in [4.69, 9.17) is 9.68 Å². The van der Waals surface area contributed by atoms with Crippen LogP contribution >= 0.6 is 11.8 Å². The maximum absolute atomic E-state index is 13.2. The Balaban J connectivity index is 1.93. The number of alkyl halides is 2. The molecule has 0 unspecified atom stereocenters. The summed E-state index contributed by atoms with van der Waals surface area (Å²) in [5.41, 5.74) is 0.529. The average molecular weight is 312 g/mol. The molecule has 2 rings (SSSR count). The topological polar surface area (TPSA) is 49.0 Å². The monoisotopic (exact) mass is 312 g/mol. The van der Waals surface area contributed by atoms with E-state index in [1.54, 1.807) is 18.2 Å². The Labute approximate surface area is 123 Å². The summed E-state index contributed by atoms with van der Waals surface area (Å²) >= 11 is 0.493. The Bertz CT molecular complexity index is 652. The van der Waals surface area contributed by atoms with E-state index in [9.17, 15) is 13.2 Å². The second-order valence-corrected chi connectivity index (χ2v) is 5.08. The van der Waals surface area contributed by atoms with Crippen molar-refractivity contribution in [1.29, 1.82) is 5.26 Å². The van der Waals surface area contributed by atoms with Gasteiger partial charge >= 0.3 is 0 Å². The van der Waals surface area contributed by atoms with Crippen LogP contribution < -0.4 is 5.32 Å². The zero-order chi connectivity index (χ0) is 15.2. The van der Waals surface area contributed by atoms with Crippen LogP contribution in [-0.4, -0.2) is 5.76 Å². The van der Waals surface area contributed by atoms with Crippen molar-refractivity contribution in [2.75, 3.05) is 5.32 Å². The second-order valence-electron chi connectivity index (χ2n) is 4.10. The van der Waals surface area contributed by atoms with Crippen molar-refractivity contribution in [3.05, 3.63) is 53.2 Å². The minimum absolute atomic E-state index is 0.0477. The van der Waals surface area contributed by atoms with E-state index in [2.05, 4.69) is 5.32 Å². The highest BCUT2D eigenvalue weighted by Crippen LogP contribution is 2.22. The molecule has 0 aliphatic rings. The van der Waals surface area contributed by atoms with E-state index >= 15 is 0 Å². The number of halogens is 3. The molecule has 1 aromatic carbocycles. The third kappa shape index (κ3) is 4.46. The zero-order valence-electron chi connectivity index (χ0n) is 10.8. The van der Waals surface area contributed by atoms with Gasteiger partial charge in [0.1, 0.15) is 23.4 Å². The third-order valence-electron chi connectivity index (χ3n) is 2.62. The van der Waals surface area contributed by atoms with Crippen molar-refractivity contribution in [1.82, 2.24) is 0 Å². The van der Waals surface area contributed by atoms with Crippen molar-refractivity contribution < 1.29 is 17.6 Å². The van der Waals surface area contributed by atoms with Crippen molar-refractivity contribution in [2.24, 2.45) is 0 Å². The lowest BCUT2D eigenvalue weighted by Crippen LogP contribution is -1.99. The van der Waals surface area contributed by atoms with E-state index in [0.717, 1.165) is 0 Å². The summed E-state index contributed by atoms with van der Waals surface area (Å²) in [7, 11) is 0. The lowest BCUT2D eigenvalue weighted by Gasteiger charge is -2.05. The number of nitriles is 1. The first-order valence-electron chi connectivity index (χ1n) is 5.99. The molecule has 1 aromatic heterocycles. The third-order valence-corrected chi connectivity index (χ3v) is 3.33. The number of nitrogens with zero attached hydrogens (tertiary/aromatic N) is 1. The summed E-state index contributed by atoms with van der Waals surface area (Å²) in [6.07, 6.45) is 0. The fourth-order valence-corrected chi connectivity index (χ4v) is 2.10. The maximum Gasteiger partial charge on any atom is 0.284 e. The van der Waals surface area contributed by atoms with E-state index in [1.807, 2.05) is 0 Å². The first kappa shape index (κ1) is 15.3. The van der Waals surface area contributed by atoms with Gasteiger partial charge in [-0.3, -0.25) is 0 Å². The molecule has 1 heterocycles. The first-order valence-corrected chi connectivity index (χ1v) is 7.04. The van der Waals surface area contributed by atoms with Gasteiger partial charge in [0.2, 0.25) is 0 Å². The van der Waals surface area contributed by atoms with Gasteiger partial charge in [-0.1, -0.05) is 11.8 Å². The minimum atomic E-state index is -2.43. The first-order chi connectivity index (χ1) is 10.1. The fraction of sp³-hybridized carbons (Fsp3) is 0.214. The van der Waals surface area contributed by atoms with E-state index in [1.165, 1.54) is 18.2 Å². The molecule has 21 heavy (non-hydrogen) atoms. The molecule has 0 fully saturated rings. The van der Waals surface area contributed by atoms with E-state index < -0.39 is 11.6 Å². The largest absolute Gasteiger partial charge is 0.463 e. The van der Waals surface area contributed by atoms with Gasteiger partial charge in [-0.15, -0.1) is 0 Å². The maximum atomic E-state index is 13.2. The number of nitrogens with one attached hydrogen (secondary N) is 1. The molecule has 0 saturated heterocycles. The summed E-state index contributed by atoms with van der Waals surface area (Å²) in [5, 5.41) is 11.7. The van der Waals surface area contributed by atoms with Crippen LogP contribution in [0.1, 0.15) is 17.1 Å². The van der Waals surface area contributed by atoms with Gasteiger partial charge in [-0.25, -0.2) is 4.39 Å². The quantitative estimate of drug-likeness (QED) is 0.861. The van der Waals surface area contributed by atoms with Crippen LogP contribution in [0.5, 0.6) is 0 Å². The lowest BCUT2D eigenvalue weighted by molar-refractivity contribution is 0.251. The average Bonchev–Trinajstić information content (AvgIpc) is 2.92. The van der Waals surface area contributed by atoms with Gasteiger partial charge < -0.3 is 9.73 Å². The Hall–Kier alpha value is -2.07. The van der Waals surface area contributed by atoms with Crippen LogP contribution in [0.3, 0.4) is 0 Å². The van der Waals surface area contributed by atoms with Crippen molar-refractivity contribution in [2.45, 2.75) is 18.1 Å². The van der Waals surface area contributed by atoms with Gasteiger partial charge in [0.15, 0.2) is 0 Å². The Kier molecular flexibility index (Phi) is 5.17. The molecular weight excluding hydrogens is 301 g/mol. The number of furan rings is 1. The van der Waals surface area contributed by atoms with E-state index in [0.29, 0.717) is 35.5 Å². The molecule has 0 aliphatic heterocycles. The Morgan fingerprint density at radius 3 is 2.71 bits per heavy atom. The number of hydrogen-bond acceptors (Lipinski definition) is 4. The lowest BCUT2D eigenvalue weighted by atomic mass is 10.2. The van der Waals surface area contributed by atoms with Crippen LogP contribution in [0.25, 0.3) is 0 Å². The van der Waals surface area contributed by atoms with Crippen molar-refractivity contribution in [3.63, 3.8) is 0 Å². The van der Waals surface area contributed by atoms with Crippen molar-refractivity contribution >= 4 is 17.4 Å². The molecule has 0 saturated carbocycles. The standard InChI is InChI=1S/C14H11F3N2OS/c15-13-4-1-10(5-9(13)6-18)19-7-11-2-3-12(20-11)8-21-14(16)17/h1-5,14,19H,7-8H2. The molecule has 1 N–H and O–H groups in total. The zero-order valence-corrected chi connectivity index (χ0v) is 11.6. The predicted octanol–water partition coefficient (Wildman–Crippen LogP) is 4.36. The van der Waals surface area contributed by atoms with Crippen molar-refractivity contribution in [3.8, 4) is 6.07 Å². The molecule has 0 amide bonds. The molecule has 110 valence electrons. The number of rotatable bonds is 6. The summed E-state index contributed by atoms with van der Waals surface area (Å²) in [5.74, 6) is -1.86. The molecule has 7 heteroatoms. The smallest absolute Gasteiger partial charge is 0.284 e. The molecular formula is C14H11F3N2OS. The summed E-state index contributed by atoms with van der Waals surface area (Å²) < 4.78 is 42.6. The van der Waals surface area contributed by atoms with E-state index in [-0.39, 0.29) is 11.3 Å². The van der Waals surface area contributed by atoms with Crippen LogP contribution in [0, 0.1) is 17.1 Å². The summed E-state index contributed by atoms with van der Waals surface area (Å²) in [6.45, 7) is 0.315. The van der Waals surface area contributed by atoms with Crippen LogP contribution in [-0.2, 0) is 12.3 Å². The van der Waals surface area contributed by atoms with Gasteiger partial charge in [-0.2, -0.15) is 14.0 Å². The minimum Gasteiger partial charge on any atom is -0.463 e. The molecule has 2 aromatic rings. The van der Waals surface area contributed by atoms with Crippen LogP contribution in [0.4, 0.5) is 18.9 Å². The molecule has 0 aliphatic carbocycles. The fourth-order valence-electron chi connectivity index (χ4n) is 1.65. The highest BCUT2D eigenvalue weighted by atomic mass is 32.2. The highest BCUT2D eigenvalue weighted by molar-refractivity contribution is 7.98. The predicted molar refractivity (Wildman–Crippen MR) is 74.4 cm³/mol. The summed E-state index contributed by atoms with van der Waals surface area (Å²) in [6, 6.07) is 9.18. The number of benzene rings is 1. The Morgan fingerprint density at radius 2 is 2.00 bits per heavy atom. The van der Waals surface area contributed by atoms with Gasteiger partial charge in [0.05, 0.1) is 17.9 Å². The number of hydrogen-bond donors (Lipinski definition) is 1. The van der Waals surface area contributed by atoms with Crippen LogP contribution in [0.15, 0.2) is 34.7 Å². The number of thioether (sulfide) groups is 1. The molecule has 0 atom stereocenters. The molecule has 3 nitrogen and oxygen atoms in total. The normalized spacial score (nSPS) is 10.6. The summed E-state index contributed by atoms with van der Waals surface area (Å²) in [4.78, 5) is 0. The highest BCUT2D eigenvalue weighted by Gasteiger charge is 2.08. The number of anilines is 1. The molecule has 0 radical (unpaired) electrons. The molecule has 0 spiro atoms.